The molecule has 196 valence electrons. The Hall–Kier alpha value is -4.73. The Morgan fingerprint density at radius 1 is 0.816 bits per heavy atom. The van der Waals surface area contributed by atoms with Crippen molar-refractivity contribution in [2.24, 2.45) is 0 Å². The van der Waals surface area contributed by atoms with Gasteiger partial charge in [-0.05, 0) is 68.4 Å². The van der Waals surface area contributed by atoms with Crippen molar-refractivity contribution in [3.05, 3.63) is 93.8 Å². The van der Waals surface area contributed by atoms with E-state index in [2.05, 4.69) is 15.4 Å². The molecule has 0 spiro atoms. The summed E-state index contributed by atoms with van der Waals surface area (Å²) in [5, 5.41) is 7.13. The van der Waals surface area contributed by atoms with E-state index in [4.69, 9.17) is 9.47 Å². The number of hydrogen-bond donors (Lipinski definition) is 1. The van der Waals surface area contributed by atoms with Crippen molar-refractivity contribution < 1.29 is 14.3 Å². The van der Waals surface area contributed by atoms with Crippen LogP contribution in [-0.4, -0.2) is 45.0 Å². The van der Waals surface area contributed by atoms with E-state index in [0.717, 1.165) is 22.6 Å². The monoisotopic (exact) mass is 515 g/mol. The number of ether oxygens (including phenoxy) is 2. The van der Waals surface area contributed by atoms with Crippen LogP contribution in [0.3, 0.4) is 0 Å². The van der Waals surface area contributed by atoms with Crippen LogP contribution in [-0.2, 0) is 17.9 Å². The maximum Gasteiger partial charge on any atom is 0.266 e. The second kappa shape index (κ2) is 12.5. The Labute approximate surface area is 219 Å². The molecule has 0 aliphatic rings. The fourth-order valence-electron chi connectivity index (χ4n) is 3.75. The number of aromatic nitrogens is 4. The van der Waals surface area contributed by atoms with Crippen LogP contribution in [0.4, 0.5) is 0 Å². The van der Waals surface area contributed by atoms with Gasteiger partial charge in [-0.2, -0.15) is 5.10 Å². The van der Waals surface area contributed by atoms with Gasteiger partial charge in [0.2, 0.25) is 5.91 Å². The maximum absolute atomic E-state index is 12.5. The molecule has 10 nitrogen and oxygen atoms in total. The van der Waals surface area contributed by atoms with Crippen LogP contribution >= 0.6 is 0 Å². The molecule has 0 saturated carbocycles. The predicted molar refractivity (Wildman–Crippen MR) is 143 cm³/mol. The number of nitrogens with zero attached hydrogens (tertiary/aromatic N) is 4. The van der Waals surface area contributed by atoms with Gasteiger partial charge in [-0.25, -0.2) is 9.67 Å². The molecule has 0 unspecified atom stereocenters. The molecule has 0 radical (unpaired) electrons. The normalized spacial score (nSPS) is 10.7. The zero-order chi connectivity index (χ0) is 26.9. The van der Waals surface area contributed by atoms with Gasteiger partial charge >= 0.3 is 0 Å². The van der Waals surface area contributed by atoms with Crippen molar-refractivity contribution in [3.63, 3.8) is 0 Å². The first-order valence-electron chi connectivity index (χ1n) is 12.3. The van der Waals surface area contributed by atoms with Gasteiger partial charge in [0.15, 0.2) is 0 Å². The van der Waals surface area contributed by atoms with Crippen molar-refractivity contribution in [1.82, 2.24) is 24.6 Å². The Morgan fingerprint density at radius 3 is 2.00 bits per heavy atom. The van der Waals surface area contributed by atoms with Gasteiger partial charge in [0.1, 0.15) is 18.0 Å². The van der Waals surface area contributed by atoms with E-state index in [1.165, 1.54) is 27.7 Å². The summed E-state index contributed by atoms with van der Waals surface area (Å²) in [7, 11) is 0. The number of hydrogen-bond acceptors (Lipinski definition) is 7. The second-order valence-corrected chi connectivity index (χ2v) is 8.28. The van der Waals surface area contributed by atoms with Crippen LogP contribution in [0.15, 0.2) is 82.6 Å². The molecule has 4 aromatic rings. The molecule has 4 rings (SSSR count). The molecule has 38 heavy (non-hydrogen) atoms. The molecule has 0 bridgehead atoms. The van der Waals surface area contributed by atoms with E-state index in [1.54, 1.807) is 6.07 Å². The van der Waals surface area contributed by atoms with Gasteiger partial charge in [-0.1, -0.05) is 0 Å². The van der Waals surface area contributed by atoms with Crippen molar-refractivity contribution in [1.29, 1.82) is 0 Å². The molecule has 1 N–H and O–H groups in total. The smallest absolute Gasteiger partial charge is 0.266 e. The van der Waals surface area contributed by atoms with Crippen LogP contribution < -0.4 is 25.9 Å². The average molecular weight is 516 g/mol. The highest BCUT2D eigenvalue weighted by Crippen LogP contribution is 2.20. The Morgan fingerprint density at radius 2 is 1.42 bits per heavy atom. The summed E-state index contributed by atoms with van der Waals surface area (Å²) in [6, 6.07) is 19.2. The lowest BCUT2D eigenvalue weighted by Gasteiger charge is -2.10. The minimum Gasteiger partial charge on any atom is -0.494 e. The lowest BCUT2D eigenvalue weighted by atomic mass is 10.1. The first kappa shape index (κ1) is 26.3. The Kier molecular flexibility index (Phi) is 8.65. The topological polar surface area (TPSA) is 117 Å². The number of rotatable bonds is 11. The summed E-state index contributed by atoms with van der Waals surface area (Å²) in [6.45, 7) is 5.13. The highest BCUT2D eigenvalue weighted by atomic mass is 16.5. The quantitative estimate of drug-likeness (QED) is 0.326. The van der Waals surface area contributed by atoms with Crippen LogP contribution in [0.25, 0.3) is 22.5 Å². The number of carbonyl (C=O) groups is 1. The highest BCUT2D eigenvalue weighted by molar-refractivity contribution is 5.75. The van der Waals surface area contributed by atoms with Crippen molar-refractivity contribution >= 4 is 5.91 Å². The molecule has 2 aromatic carbocycles. The number of amides is 1. The molecule has 0 fully saturated rings. The number of benzene rings is 2. The van der Waals surface area contributed by atoms with Crippen molar-refractivity contribution in [3.8, 4) is 34.0 Å². The molecular weight excluding hydrogens is 486 g/mol. The summed E-state index contributed by atoms with van der Waals surface area (Å²) in [6.07, 6.45) is 1.35. The largest absolute Gasteiger partial charge is 0.494 e. The molecule has 0 atom stereocenters. The molecule has 10 heteroatoms. The Bertz CT molecular complexity index is 1490. The van der Waals surface area contributed by atoms with Crippen LogP contribution in [0.1, 0.15) is 13.8 Å². The molecule has 2 heterocycles. The number of nitrogens with one attached hydrogen (secondary N) is 1. The third-order valence-corrected chi connectivity index (χ3v) is 5.63. The SMILES string of the molecule is CCOc1ccc(-c2cc(=O)n(CC(=O)NCCn3nc(-c4ccc(OCC)cc4)ccc3=O)cn2)cc1. The number of carbonyl (C=O) groups excluding carboxylic acids is 1. The summed E-state index contributed by atoms with van der Waals surface area (Å²) in [5.74, 6) is 1.12. The molecule has 0 aliphatic carbocycles. The van der Waals surface area contributed by atoms with Crippen LogP contribution in [0, 0.1) is 0 Å². The summed E-state index contributed by atoms with van der Waals surface area (Å²) in [5.41, 5.74) is 2.12. The first-order valence-corrected chi connectivity index (χ1v) is 12.3. The van der Waals surface area contributed by atoms with E-state index in [-0.39, 0.29) is 36.7 Å². The fourth-order valence-corrected chi connectivity index (χ4v) is 3.75. The van der Waals surface area contributed by atoms with Gasteiger partial charge in [-0.3, -0.25) is 19.0 Å². The van der Waals surface area contributed by atoms with Gasteiger partial charge in [0, 0.05) is 29.8 Å². The van der Waals surface area contributed by atoms with E-state index in [0.29, 0.717) is 24.6 Å². The lowest BCUT2D eigenvalue weighted by Crippen LogP contribution is -2.35. The summed E-state index contributed by atoms with van der Waals surface area (Å²) >= 11 is 0. The third kappa shape index (κ3) is 6.73. The van der Waals surface area contributed by atoms with E-state index < -0.39 is 0 Å². The van der Waals surface area contributed by atoms with E-state index >= 15 is 0 Å². The molecular formula is C28H29N5O5. The van der Waals surface area contributed by atoms with Crippen LogP contribution in [0.5, 0.6) is 11.5 Å². The van der Waals surface area contributed by atoms with Gasteiger partial charge in [0.25, 0.3) is 11.1 Å². The third-order valence-electron chi connectivity index (χ3n) is 5.63. The zero-order valence-electron chi connectivity index (χ0n) is 21.3. The minimum absolute atomic E-state index is 0.172. The first-order chi connectivity index (χ1) is 18.5. The van der Waals surface area contributed by atoms with Crippen molar-refractivity contribution in [2.45, 2.75) is 26.9 Å². The van der Waals surface area contributed by atoms with Gasteiger partial charge < -0.3 is 14.8 Å². The van der Waals surface area contributed by atoms with Crippen molar-refractivity contribution in [2.75, 3.05) is 19.8 Å². The van der Waals surface area contributed by atoms with Gasteiger partial charge in [0.05, 0.1) is 37.5 Å². The molecule has 2 aromatic heterocycles. The fraction of sp³-hybridized carbons (Fsp3) is 0.250. The molecule has 0 saturated heterocycles. The highest BCUT2D eigenvalue weighted by Gasteiger charge is 2.09. The zero-order valence-corrected chi connectivity index (χ0v) is 21.3. The standard InChI is InChI=1S/C28H29N5O5/c1-3-37-22-9-5-20(6-10-22)24-13-14-27(35)33(31-24)16-15-29-26(34)18-32-19-30-25(17-28(32)36)21-7-11-23(12-8-21)38-4-2/h5-14,17,19H,3-4,15-16,18H2,1-2H3,(H,29,34). The predicted octanol–water partition coefficient (Wildman–Crippen LogP) is 2.75. The molecule has 1 amide bonds. The average Bonchev–Trinajstić information content (AvgIpc) is 2.92. The summed E-state index contributed by atoms with van der Waals surface area (Å²) in [4.78, 5) is 41.5. The maximum atomic E-state index is 12.5. The molecule has 0 aliphatic heterocycles. The van der Waals surface area contributed by atoms with Gasteiger partial charge in [-0.15, -0.1) is 0 Å². The minimum atomic E-state index is -0.376. The van der Waals surface area contributed by atoms with Crippen LogP contribution in [0.2, 0.25) is 0 Å². The van der Waals surface area contributed by atoms with E-state index in [1.807, 2.05) is 62.4 Å². The summed E-state index contributed by atoms with van der Waals surface area (Å²) < 4.78 is 13.4. The Balaban J connectivity index is 1.33. The van der Waals surface area contributed by atoms with E-state index in [9.17, 15) is 14.4 Å². The lowest BCUT2D eigenvalue weighted by molar-refractivity contribution is -0.121. The second-order valence-electron chi connectivity index (χ2n) is 8.28.